The number of hydrogen-bond acceptors (Lipinski definition) is 4. The van der Waals surface area contributed by atoms with Gasteiger partial charge in [-0.2, -0.15) is 0 Å². The second-order valence-corrected chi connectivity index (χ2v) is 8.72. The first-order valence-electron chi connectivity index (χ1n) is 11.0. The van der Waals surface area contributed by atoms with E-state index in [4.69, 9.17) is 4.74 Å². The molecule has 1 aromatic rings. The lowest BCUT2D eigenvalue weighted by molar-refractivity contribution is -0.129. The molecule has 6 heteroatoms. The molecule has 1 aliphatic carbocycles. The molecule has 0 saturated carbocycles. The fourth-order valence-electron chi connectivity index (χ4n) is 3.99. The van der Waals surface area contributed by atoms with Crippen LogP contribution >= 0.6 is 0 Å². The highest BCUT2D eigenvalue weighted by Crippen LogP contribution is 2.30. The number of amides is 1. The largest absolute Gasteiger partial charge is 0.374 e. The predicted octanol–water partition coefficient (Wildman–Crippen LogP) is 3.79. The molecule has 0 spiro atoms. The van der Waals surface area contributed by atoms with Crippen LogP contribution in [-0.4, -0.2) is 39.2 Å². The highest BCUT2D eigenvalue weighted by molar-refractivity contribution is 5.79. The zero-order valence-electron chi connectivity index (χ0n) is 18.1. The van der Waals surface area contributed by atoms with Crippen molar-refractivity contribution in [2.75, 3.05) is 0 Å². The van der Waals surface area contributed by atoms with Gasteiger partial charge in [-0.1, -0.05) is 24.1 Å². The molecule has 0 aromatic carbocycles. The molecular formula is C23H34N4O2. The van der Waals surface area contributed by atoms with Gasteiger partial charge in [0.25, 0.3) is 0 Å². The monoisotopic (exact) mass is 398 g/mol. The Kier molecular flexibility index (Phi) is 7.49. The Hall–Kier alpha value is -2.13. The van der Waals surface area contributed by atoms with Crippen molar-refractivity contribution in [2.45, 2.75) is 96.9 Å². The summed E-state index contributed by atoms with van der Waals surface area (Å²) in [6.45, 7) is 8.04. The van der Waals surface area contributed by atoms with Crippen molar-refractivity contribution in [1.29, 1.82) is 0 Å². The summed E-state index contributed by atoms with van der Waals surface area (Å²) >= 11 is 0. The van der Waals surface area contributed by atoms with Crippen molar-refractivity contribution in [1.82, 2.24) is 20.3 Å². The average Bonchev–Trinajstić information content (AvgIpc) is 3.35. The standard InChI is InChI=1S/C23H34N4O2/c1-16(2)24-23(28)18(4)22-13-12-21(29-22)14-17(3)27-15-20(25-26-27)11-10-19-8-6-5-7-9-19/h8,15-18,21-22H,5-7,9,12-14H2,1-4H3,(H,24,28)/t17-,18-,21+,22-/m1/s1. The molecule has 29 heavy (non-hydrogen) atoms. The molecule has 2 aliphatic rings. The number of allylic oxidation sites excluding steroid dienone is 2. The topological polar surface area (TPSA) is 69.0 Å². The van der Waals surface area contributed by atoms with Crippen molar-refractivity contribution in [2.24, 2.45) is 5.92 Å². The number of carbonyl (C=O) groups is 1. The lowest BCUT2D eigenvalue weighted by atomic mass is 10.00. The molecule has 6 nitrogen and oxygen atoms in total. The zero-order valence-corrected chi connectivity index (χ0v) is 18.1. The van der Waals surface area contributed by atoms with Gasteiger partial charge < -0.3 is 10.1 Å². The first-order chi connectivity index (χ1) is 13.9. The summed E-state index contributed by atoms with van der Waals surface area (Å²) < 4.78 is 8.07. The molecule has 3 rings (SSSR count). The van der Waals surface area contributed by atoms with E-state index in [2.05, 4.69) is 40.5 Å². The van der Waals surface area contributed by atoms with Crippen LogP contribution in [0, 0.1) is 17.8 Å². The fourth-order valence-corrected chi connectivity index (χ4v) is 3.99. The quantitative estimate of drug-likeness (QED) is 0.740. The third-order valence-electron chi connectivity index (χ3n) is 5.75. The Morgan fingerprint density at radius 1 is 1.28 bits per heavy atom. The highest BCUT2D eigenvalue weighted by Gasteiger charge is 2.34. The minimum Gasteiger partial charge on any atom is -0.374 e. The van der Waals surface area contributed by atoms with Crippen LogP contribution in [0.3, 0.4) is 0 Å². The number of aromatic nitrogens is 3. The van der Waals surface area contributed by atoms with Gasteiger partial charge in [0.2, 0.25) is 5.91 Å². The fraction of sp³-hybridized carbons (Fsp3) is 0.696. The molecular weight excluding hydrogens is 364 g/mol. The van der Waals surface area contributed by atoms with Crippen molar-refractivity contribution >= 4 is 5.91 Å². The molecule has 1 N–H and O–H groups in total. The Bertz CT molecular complexity index is 786. The van der Waals surface area contributed by atoms with Crippen LogP contribution in [0.25, 0.3) is 0 Å². The molecule has 0 radical (unpaired) electrons. The summed E-state index contributed by atoms with van der Waals surface area (Å²) in [4.78, 5) is 12.2. The molecule has 1 fully saturated rings. The summed E-state index contributed by atoms with van der Waals surface area (Å²) in [5.74, 6) is 6.33. The minimum atomic E-state index is -0.125. The molecule has 1 amide bonds. The van der Waals surface area contributed by atoms with Gasteiger partial charge in [0.05, 0.1) is 30.4 Å². The molecule has 1 saturated heterocycles. The van der Waals surface area contributed by atoms with E-state index in [0.717, 1.165) is 32.1 Å². The smallest absolute Gasteiger partial charge is 0.225 e. The summed E-state index contributed by atoms with van der Waals surface area (Å²) in [6, 6.07) is 0.330. The maximum atomic E-state index is 12.2. The summed E-state index contributed by atoms with van der Waals surface area (Å²) in [7, 11) is 0. The summed E-state index contributed by atoms with van der Waals surface area (Å²) in [6.07, 6.45) is 11.8. The van der Waals surface area contributed by atoms with Gasteiger partial charge in [-0.05, 0) is 77.2 Å². The van der Waals surface area contributed by atoms with Crippen LogP contribution < -0.4 is 5.32 Å². The van der Waals surface area contributed by atoms with E-state index < -0.39 is 0 Å². The number of hydrogen-bond donors (Lipinski definition) is 1. The van der Waals surface area contributed by atoms with E-state index >= 15 is 0 Å². The number of ether oxygens (including phenoxy) is 1. The number of carbonyl (C=O) groups excluding carboxylic acids is 1. The van der Waals surface area contributed by atoms with Gasteiger partial charge in [-0.15, -0.1) is 5.10 Å². The highest BCUT2D eigenvalue weighted by atomic mass is 16.5. The number of nitrogens with one attached hydrogen (secondary N) is 1. The van der Waals surface area contributed by atoms with Gasteiger partial charge in [0.1, 0.15) is 0 Å². The molecule has 4 atom stereocenters. The van der Waals surface area contributed by atoms with Crippen LogP contribution in [0.5, 0.6) is 0 Å². The second kappa shape index (κ2) is 10.1. The van der Waals surface area contributed by atoms with Crippen molar-refractivity contribution in [3.63, 3.8) is 0 Å². The second-order valence-electron chi connectivity index (χ2n) is 8.72. The van der Waals surface area contributed by atoms with E-state index in [1.807, 2.05) is 31.6 Å². The van der Waals surface area contributed by atoms with Crippen LogP contribution in [-0.2, 0) is 9.53 Å². The summed E-state index contributed by atoms with van der Waals surface area (Å²) in [5.41, 5.74) is 1.94. The van der Waals surface area contributed by atoms with Crippen molar-refractivity contribution < 1.29 is 9.53 Å². The van der Waals surface area contributed by atoms with E-state index in [-0.39, 0.29) is 36.1 Å². The Morgan fingerprint density at radius 2 is 2.10 bits per heavy atom. The number of nitrogens with zero attached hydrogens (tertiary/aromatic N) is 3. The first kappa shape index (κ1) is 21.6. The van der Waals surface area contributed by atoms with Gasteiger partial charge >= 0.3 is 0 Å². The normalized spacial score (nSPS) is 23.8. The maximum absolute atomic E-state index is 12.2. The third kappa shape index (κ3) is 6.17. The van der Waals surface area contributed by atoms with Crippen LogP contribution in [0.4, 0.5) is 0 Å². The molecule has 1 aliphatic heterocycles. The molecule has 0 bridgehead atoms. The molecule has 158 valence electrons. The minimum absolute atomic E-state index is 0.00751. The molecule has 0 unspecified atom stereocenters. The third-order valence-corrected chi connectivity index (χ3v) is 5.75. The number of rotatable bonds is 6. The van der Waals surface area contributed by atoms with Crippen molar-refractivity contribution in [3.8, 4) is 11.8 Å². The molecule has 2 heterocycles. The lowest BCUT2D eigenvalue weighted by Crippen LogP contribution is -2.39. The van der Waals surface area contributed by atoms with Crippen LogP contribution in [0.15, 0.2) is 17.8 Å². The van der Waals surface area contributed by atoms with Gasteiger partial charge in [-0.3, -0.25) is 4.79 Å². The van der Waals surface area contributed by atoms with E-state index in [1.165, 1.54) is 18.4 Å². The van der Waals surface area contributed by atoms with Gasteiger partial charge in [0.15, 0.2) is 5.69 Å². The van der Waals surface area contributed by atoms with E-state index in [1.54, 1.807) is 0 Å². The maximum Gasteiger partial charge on any atom is 0.225 e. The van der Waals surface area contributed by atoms with Gasteiger partial charge in [0, 0.05) is 6.04 Å². The van der Waals surface area contributed by atoms with E-state index in [9.17, 15) is 4.79 Å². The van der Waals surface area contributed by atoms with Crippen LogP contribution in [0.2, 0.25) is 0 Å². The van der Waals surface area contributed by atoms with Gasteiger partial charge in [-0.25, -0.2) is 4.68 Å². The zero-order chi connectivity index (χ0) is 20.8. The lowest BCUT2D eigenvalue weighted by Gasteiger charge is -2.22. The van der Waals surface area contributed by atoms with Crippen LogP contribution in [0.1, 0.15) is 84.4 Å². The summed E-state index contributed by atoms with van der Waals surface area (Å²) in [5, 5.41) is 11.5. The SMILES string of the molecule is CC(C)NC(=O)[C@H](C)[C@H]1CC[C@@H](C[C@@H](C)n2cc(C#CC3=CCCCC3)nn2)O1. The molecule has 1 aromatic heterocycles. The predicted molar refractivity (Wildman–Crippen MR) is 113 cm³/mol. The average molecular weight is 399 g/mol. The Morgan fingerprint density at radius 3 is 2.83 bits per heavy atom. The Labute approximate surface area is 174 Å². The van der Waals surface area contributed by atoms with Crippen molar-refractivity contribution in [3.05, 3.63) is 23.5 Å². The Balaban J connectivity index is 1.50. The first-order valence-corrected chi connectivity index (χ1v) is 11.0. The van der Waals surface area contributed by atoms with E-state index in [0.29, 0.717) is 5.69 Å².